The standard InChI is InChI=1S/C23H36N4O3.HI/c1-6-24-23(26-17-20(27(3)4)21-9-7-13-29-21)25-16-19-11-10-18(2)15-22(19)30-14-8-12-28-5;/h7,9-11,13,15,20H,6,8,12,14,16-17H2,1-5H3,(H2,24,25,26);1H. The Labute approximate surface area is 203 Å². The van der Waals surface area contributed by atoms with Crippen LogP contribution in [0.2, 0.25) is 0 Å². The molecule has 0 saturated heterocycles. The van der Waals surface area contributed by atoms with Crippen LogP contribution in [-0.2, 0) is 11.3 Å². The van der Waals surface area contributed by atoms with E-state index in [1.807, 2.05) is 26.2 Å². The van der Waals surface area contributed by atoms with Crippen molar-refractivity contribution in [1.82, 2.24) is 15.5 Å². The quantitative estimate of drug-likeness (QED) is 0.182. The van der Waals surface area contributed by atoms with Gasteiger partial charge in [0.1, 0.15) is 11.5 Å². The normalized spacial score (nSPS) is 12.4. The number of aliphatic imine (C=N–C) groups is 1. The number of likely N-dealkylation sites (N-methyl/N-ethyl adjacent to an activating group) is 1. The third-order valence-electron chi connectivity index (χ3n) is 4.68. The number of methoxy groups -OCH3 is 1. The Morgan fingerprint density at radius 3 is 2.65 bits per heavy atom. The maximum atomic E-state index is 5.98. The van der Waals surface area contributed by atoms with Crippen LogP contribution in [0.15, 0.2) is 46.0 Å². The van der Waals surface area contributed by atoms with Crippen molar-refractivity contribution in [2.75, 3.05) is 47.5 Å². The van der Waals surface area contributed by atoms with Crippen LogP contribution in [0.25, 0.3) is 0 Å². The lowest BCUT2D eigenvalue weighted by Gasteiger charge is -2.23. The number of guanidine groups is 1. The number of ether oxygens (including phenoxy) is 2. The van der Waals surface area contributed by atoms with Gasteiger partial charge < -0.3 is 24.5 Å². The Morgan fingerprint density at radius 1 is 1.19 bits per heavy atom. The van der Waals surface area contributed by atoms with Crippen molar-refractivity contribution in [2.45, 2.75) is 32.9 Å². The maximum Gasteiger partial charge on any atom is 0.191 e. The first kappa shape index (κ1) is 27.3. The molecule has 0 aliphatic heterocycles. The van der Waals surface area contributed by atoms with E-state index in [1.165, 1.54) is 5.56 Å². The van der Waals surface area contributed by atoms with E-state index in [4.69, 9.17) is 18.9 Å². The zero-order valence-corrected chi connectivity index (χ0v) is 21.6. The zero-order valence-electron chi connectivity index (χ0n) is 19.3. The number of nitrogens with zero attached hydrogens (tertiary/aromatic N) is 2. The van der Waals surface area contributed by atoms with E-state index < -0.39 is 0 Å². The number of aryl methyl sites for hydroxylation is 1. The molecule has 1 atom stereocenters. The van der Waals surface area contributed by atoms with Gasteiger partial charge in [-0.3, -0.25) is 4.90 Å². The van der Waals surface area contributed by atoms with Gasteiger partial charge in [0.15, 0.2) is 5.96 Å². The van der Waals surface area contributed by atoms with Crippen LogP contribution < -0.4 is 15.4 Å². The van der Waals surface area contributed by atoms with Gasteiger partial charge in [0.25, 0.3) is 0 Å². The minimum absolute atomic E-state index is 0. The first-order valence-electron chi connectivity index (χ1n) is 10.5. The molecule has 1 aromatic heterocycles. The summed E-state index contributed by atoms with van der Waals surface area (Å²) in [4.78, 5) is 6.90. The molecule has 31 heavy (non-hydrogen) atoms. The summed E-state index contributed by atoms with van der Waals surface area (Å²) < 4.78 is 16.7. The highest BCUT2D eigenvalue weighted by molar-refractivity contribution is 14.0. The number of halogens is 1. The van der Waals surface area contributed by atoms with E-state index >= 15 is 0 Å². The summed E-state index contributed by atoms with van der Waals surface area (Å²) >= 11 is 0. The second-order valence-corrected chi connectivity index (χ2v) is 7.38. The second kappa shape index (κ2) is 15.1. The third kappa shape index (κ3) is 9.49. The summed E-state index contributed by atoms with van der Waals surface area (Å²) in [6.07, 6.45) is 2.56. The first-order chi connectivity index (χ1) is 14.5. The topological polar surface area (TPSA) is 71.3 Å². The molecular formula is C23H37IN4O3. The molecule has 0 amide bonds. The minimum Gasteiger partial charge on any atom is -0.493 e. The molecule has 0 aliphatic rings. The average Bonchev–Trinajstić information content (AvgIpc) is 3.24. The van der Waals surface area contributed by atoms with Crippen LogP contribution in [0.4, 0.5) is 0 Å². The Kier molecular flexibility index (Phi) is 13.3. The Morgan fingerprint density at radius 2 is 2.00 bits per heavy atom. The number of hydrogen-bond donors (Lipinski definition) is 2. The van der Waals surface area contributed by atoms with E-state index in [1.54, 1.807) is 13.4 Å². The molecule has 2 N–H and O–H groups in total. The summed E-state index contributed by atoms with van der Waals surface area (Å²) in [5.74, 6) is 2.57. The van der Waals surface area contributed by atoms with E-state index in [9.17, 15) is 0 Å². The predicted molar refractivity (Wildman–Crippen MR) is 137 cm³/mol. The van der Waals surface area contributed by atoms with Gasteiger partial charge >= 0.3 is 0 Å². The molecule has 174 valence electrons. The summed E-state index contributed by atoms with van der Waals surface area (Å²) in [6.45, 7) is 7.44. The van der Waals surface area contributed by atoms with E-state index in [0.717, 1.165) is 36.0 Å². The molecule has 0 aliphatic carbocycles. The van der Waals surface area contributed by atoms with Gasteiger partial charge in [-0.15, -0.1) is 24.0 Å². The van der Waals surface area contributed by atoms with E-state index in [0.29, 0.717) is 26.3 Å². The number of hydrogen-bond acceptors (Lipinski definition) is 5. The van der Waals surface area contributed by atoms with Crippen molar-refractivity contribution >= 4 is 29.9 Å². The molecule has 2 aromatic rings. The highest BCUT2D eigenvalue weighted by atomic mass is 127. The zero-order chi connectivity index (χ0) is 21.8. The third-order valence-corrected chi connectivity index (χ3v) is 4.68. The monoisotopic (exact) mass is 544 g/mol. The predicted octanol–water partition coefficient (Wildman–Crippen LogP) is 3.98. The molecule has 1 aromatic carbocycles. The van der Waals surface area contributed by atoms with Crippen LogP contribution in [0.5, 0.6) is 5.75 Å². The molecule has 8 heteroatoms. The molecule has 0 spiro atoms. The van der Waals surface area contributed by atoms with Crippen molar-refractivity contribution in [1.29, 1.82) is 0 Å². The molecule has 0 saturated carbocycles. The van der Waals surface area contributed by atoms with Crippen LogP contribution in [0, 0.1) is 6.92 Å². The minimum atomic E-state index is 0. The Hall–Kier alpha value is -1.78. The van der Waals surface area contributed by atoms with Crippen molar-refractivity contribution in [3.8, 4) is 5.75 Å². The van der Waals surface area contributed by atoms with Gasteiger partial charge in [-0.1, -0.05) is 12.1 Å². The van der Waals surface area contributed by atoms with Gasteiger partial charge in [-0.25, -0.2) is 4.99 Å². The second-order valence-electron chi connectivity index (χ2n) is 7.38. The van der Waals surface area contributed by atoms with E-state index in [-0.39, 0.29) is 30.0 Å². The van der Waals surface area contributed by atoms with Crippen LogP contribution in [0.3, 0.4) is 0 Å². The number of rotatable bonds is 12. The summed E-state index contributed by atoms with van der Waals surface area (Å²) in [5.41, 5.74) is 2.23. The molecular weight excluding hydrogens is 507 g/mol. The lowest BCUT2D eigenvalue weighted by molar-refractivity contribution is 0.172. The fourth-order valence-corrected chi connectivity index (χ4v) is 3.03. The van der Waals surface area contributed by atoms with Crippen molar-refractivity contribution in [3.63, 3.8) is 0 Å². The first-order valence-corrected chi connectivity index (χ1v) is 10.5. The van der Waals surface area contributed by atoms with Gasteiger partial charge in [0, 0.05) is 38.8 Å². The SMILES string of the molecule is CCNC(=NCc1ccc(C)cc1OCCCOC)NCC(c1ccco1)N(C)C.I. The van der Waals surface area contributed by atoms with Crippen LogP contribution in [-0.4, -0.2) is 58.4 Å². The lowest BCUT2D eigenvalue weighted by Crippen LogP contribution is -2.41. The molecule has 0 radical (unpaired) electrons. The van der Waals surface area contributed by atoms with Crippen molar-refractivity contribution < 1.29 is 13.9 Å². The molecule has 2 rings (SSSR count). The average molecular weight is 544 g/mol. The summed E-state index contributed by atoms with van der Waals surface area (Å²) in [5, 5.41) is 6.75. The van der Waals surface area contributed by atoms with Gasteiger partial charge in [0.2, 0.25) is 0 Å². The largest absolute Gasteiger partial charge is 0.493 e. The lowest BCUT2D eigenvalue weighted by atomic mass is 10.1. The number of furan rings is 1. The Bertz CT molecular complexity index is 766. The van der Waals surface area contributed by atoms with Crippen LogP contribution in [0.1, 0.15) is 36.3 Å². The summed E-state index contributed by atoms with van der Waals surface area (Å²) in [6, 6.07) is 10.3. The van der Waals surface area contributed by atoms with Crippen molar-refractivity contribution in [2.24, 2.45) is 4.99 Å². The highest BCUT2D eigenvalue weighted by Gasteiger charge is 2.17. The number of nitrogens with one attached hydrogen (secondary N) is 2. The molecule has 0 fully saturated rings. The Balaban J connectivity index is 0.00000480. The van der Waals surface area contributed by atoms with Crippen LogP contribution >= 0.6 is 24.0 Å². The fourth-order valence-electron chi connectivity index (χ4n) is 3.03. The maximum absolute atomic E-state index is 5.98. The van der Waals surface area contributed by atoms with Gasteiger partial charge in [-0.2, -0.15) is 0 Å². The van der Waals surface area contributed by atoms with Gasteiger partial charge in [0.05, 0.1) is 25.5 Å². The molecule has 1 unspecified atom stereocenters. The number of benzene rings is 1. The highest BCUT2D eigenvalue weighted by Crippen LogP contribution is 2.22. The molecule has 7 nitrogen and oxygen atoms in total. The van der Waals surface area contributed by atoms with Gasteiger partial charge in [-0.05, 0) is 51.7 Å². The molecule has 1 heterocycles. The fraction of sp³-hybridized carbons (Fsp3) is 0.522. The molecule has 0 bridgehead atoms. The van der Waals surface area contributed by atoms with Crippen molar-refractivity contribution in [3.05, 3.63) is 53.5 Å². The smallest absolute Gasteiger partial charge is 0.191 e. The van der Waals surface area contributed by atoms with E-state index in [2.05, 4.69) is 47.6 Å². The summed E-state index contributed by atoms with van der Waals surface area (Å²) in [7, 11) is 5.78.